The first kappa shape index (κ1) is 28.9. The van der Waals surface area contributed by atoms with E-state index in [-0.39, 0.29) is 22.4 Å². The minimum absolute atomic E-state index is 0.0754. The summed E-state index contributed by atoms with van der Waals surface area (Å²) in [6.45, 7) is 9.95. The van der Waals surface area contributed by atoms with Crippen molar-refractivity contribution in [1.29, 1.82) is 0 Å². The van der Waals surface area contributed by atoms with Gasteiger partial charge in [0.15, 0.2) is 11.6 Å². The summed E-state index contributed by atoms with van der Waals surface area (Å²) >= 11 is 12.7. The quantitative estimate of drug-likeness (QED) is 0.332. The van der Waals surface area contributed by atoms with Crippen LogP contribution in [0, 0.1) is 10.8 Å². The van der Waals surface area contributed by atoms with Gasteiger partial charge in [-0.25, -0.2) is 0 Å². The number of hydrogen-bond acceptors (Lipinski definition) is 5. The lowest BCUT2D eigenvalue weighted by atomic mass is 9.63. The number of halogens is 2. The minimum Gasteiger partial charge on any atom is -0.489 e. The predicted molar refractivity (Wildman–Crippen MR) is 159 cm³/mol. The number of carbonyl (C=O) groups excluding carboxylic acids is 2. The fourth-order valence-electron chi connectivity index (χ4n) is 6.43. The van der Waals surface area contributed by atoms with Gasteiger partial charge in [-0.05, 0) is 59.6 Å². The number of methoxy groups -OCH3 is 1. The molecule has 0 aromatic heterocycles. The van der Waals surface area contributed by atoms with E-state index in [0.29, 0.717) is 59.5 Å². The third-order valence-electron chi connectivity index (χ3n) is 8.13. The number of nitrogens with zero attached hydrogens (tertiary/aromatic N) is 1. The molecule has 1 heterocycles. The van der Waals surface area contributed by atoms with Gasteiger partial charge in [-0.15, -0.1) is 0 Å². The van der Waals surface area contributed by atoms with E-state index in [4.69, 9.17) is 32.7 Å². The molecule has 5 rings (SSSR count). The molecule has 0 amide bonds. The topological polar surface area (TPSA) is 55.8 Å². The Hall–Kier alpha value is -2.60. The van der Waals surface area contributed by atoms with Crippen molar-refractivity contribution in [2.24, 2.45) is 10.8 Å². The highest BCUT2D eigenvalue weighted by atomic mass is 35.5. The zero-order chi connectivity index (χ0) is 28.8. The summed E-state index contributed by atoms with van der Waals surface area (Å²) in [5.74, 6) is 0.233. The molecule has 0 bridgehead atoms. The summed E-state index contributed by atoms with van der Waals surface area (Å²) in [7, 11) is 1.68. The average Bonchev–Trinajstić information content (AvgIpc) is 2.86. The molecule has 0 unspecified atom stereocenters. The van der Waals surface area contributed by atoms with E-state index in [1.165, 1.54) is 0 Å². The van der Waals surface area contributed by atoms with Crippen LogP contribution in [0.5, 0.6) is 5.75 Å². The number of carbonyl (C=O) groups is 2. The van der Waals surface area contributed by atoms with Gasteiger partial charge < -0.3 is 14.4 Å². The average molecular weight is 583 g/mol. The number of benzene rings is 2. The second kappa shape index (κ2) is 11.0. The van der Waals surface area contributed by atoms with Crippen LogP contribution in [-0.2, 0) is 20.9 Å². The van der Waals surface area contributed by atoms with Gasteiger partial charge in [0, 0.05) is 70.6 Å². The Kier molecular flexibility index (Phi) is 7.95. The van der Waals surface area contributed by atoms with Gasteiger partial charge >= 0.3 is 0 Å². The monoisotopic (exact) mass is 581 g/mol. The Bertz CT molecular complexity index is 1350. The second-order valence-corrected chi connectivity index (χ2v) is 13.7. The van der Waals surface area contributed by atoms with Crippen molar-refractivity contribution in [3.63, 3.8) is 0 Å². The van der Waals surface area contributed by atoms with Gasteiger partial charge in [-0.3, -0.25) is 9.59 Å². The molecule has 2 aromatic carbocycles. The second-order valence-electron chi connectivity index (χ2n) is 12.8. The molecule has 212 valence electrons. The van der Waals surface area contributed by atoms with Crippen LogP contribution >= 0.6 is 23.2 Å². The molecule has 2 aliphatic carbocycles. The smallest absolute Gasteiger partial charge is 0.162 e. The van der Waals surface area contributed by atoms with Crippen molar-refractivity contribution < 1.29 is 19.1 Å². The number of allylic oxidation sites excluding steroid dienone is 4. The molecular formula is C33H37Cl2NO4. The van der Waals surface area contributed by atoms with E-state index in [9.17, 15) is 9.59 Å². The number of ether oxygens (including phenoxy) is 2. The maximum absolute atomic E-state index is 14.0. The normalized spacial score (nSPS) is 20.5. The van der Waals surface area contributed by atoms with Crippen molar-refractivity contribution in [2.45, 2.75) is 65.9 Å². The molecule has 0 spiro atoms. The van der Waals surface area contributed by atoms with E-state index in [1.54, 1.807) is 13.2 Å². The van der Waals surface area contributed by atoms with Gasteiger partial charge in [0.1, 0.15) is 12.4 Å². The lowest BCUT2D eigenvalue weighted by Crippen LogP contribution is -2.45. The summed E-state index contributed by atoms with van der Waals surface area (Å²) in [5.41, 5.74) is 4.72. The summed E-state index contributed by atoms with van der Waals surface area (Å²) < 4.78 is 11.9. The Morgan fingerprint density at radius 1 is 0.825 bits per heavy atom. The lowest BCUT2D eigenvalue weighted by molar-refractivity contribution is -0.119. The summed E-state index contributed by atoms with van der Waals surface area (Å²) in [5, 5.41) is 1.19. The van der Waals surface area contributed by atoms with Crippen LogP contribution in [0.4, 0.5) is 0 Å². The van der Waals surface area contributed by atoms with Gasteiger partial charge in [0.2, 0.25) is 0 Å². The Morgan fingerprint density at radius 3 is 1.93 bits per heavy atom. The van der Waals surface area contributed by atoms with E-state index in [1.807, 2.05) is 36.4 Å². The van der Waals surface area contributed by atoms with Crippen LogP contribution in [-0.4, -0.2) is 36.7 Å². The van der Waals surface area contributed by atoms with E-state index < -0.39 is 5.92 Å². The third-order valence-corrected chi connectivity index (χ3v) is 8.62. The minimum atomic E-state index is -0.532. The van der Waals surface area contributed by atoms with Crippen LogP contribution in [0.3, 0.4) is 0 Å². The van der Waals surface area contributed by atoms with E-state index in [0.717, 1.165) is 35.4 Å². The first-order chi connectivity index (χ1) is 18.9. The van der Waals surface area contributed by atoms with Gasteiger partial charge in [-0.2, -0.15) is 0 Å². The van der Waals surface area contributed by atoms with E-state index >= 15 is 0 Å². The highest BCUT2D eigenvalue weighted by Gasteiger charge is 2.49. The number of Topliss-reactive ketones (excluding diaryl/α,β-unsaturated/α-hetero) is 2. The highest BCUT2D eigenvalue weighted by Crippen LogP contribution is 2.55. The SMILES string of the molecule is COCCN1C2=C(C(=O)CC(C)(C)C2)C(c2cc(Cl)ccc2OCc2ccc(Cl)cc2)C2=C1CC(C)(C)CC2=O. The molecule has 1 aliphatic heterocycles. The summed E-state index contributed by atoms with van der Waals surface area (Å²) in [4.78, 5) is 30.3. The van der Waals surface area contributed by atoms with Crippen molar-refractivity contribution in [3.05, 3.63) is 86.2 Å². The standard InChI is InChI=1S/C33H37Cl2NO4/c1-32(2)15-24-30(26(37)17-32)29(31-25(36(24)12-13-39-5)16-33(3,4)18-27(31)38)23-14-22(35)10-11-28(23)40-19-20-6-8-21(34)9-7-20/h6-11,14,29H,12-13,15-19H2,1-5H3. The van der Waals surface area contributed by atoms with Gasteiger partial charge in [0.25, 0.3) is 0 Å². The van der Waals surface area contributed by atoms with Crippen molar-refractivity contribution in [3.8, 4) is 5.75 Å². The zero-order valence-electron chi connectivity index (χ0n) is 23.9. The molecule has 0 atom stereocenters. The molecule has 0 N–H and O–H groups in total. The number of rotatable bonds is 7. The maximum Gasteiger partial charge on any atom is 0.162 e. The third kappa shape index (κ3) is 5.74. The molecule has 7 heteroatoms. The Balaban J connectivity index is 1.69. The van der Waals surface area contributed by atoms with Gasteiger partial charge in [-0.1, -0.05) is 63.0 Å². The molecular weight excluding hydrogens is 545 g/mol. The molecule has 5 nitrogen and oxygen atoms in total. The Labute approximate surface area is 247 Å². The van der Waals surface area contributed by atoms with Crippen LogP contribution in [0.25, 0.3) is 0 Å². The largest absolute Gasteiger partial charge is 0.489 e. The first-order valence-electron chi connectivity index (χ1n) is 13.8. The van der Waals surface area contributed by atoms with Crippen molar-refractivity contribution in [2.75, 3.05) is 20.3 Å². The summed E-state index contributed by atoms with van der Waals surface area (Å²) in [6.07, 6.45) is 2.32. The Morgan fingerprint density at radius 2 is 1.38 bits per heavy atom. The summed E-state index contributed by atoms with van der Waals surface area (Å²) in [6, 6.07) is 13.0. The van der Waals surface area contributed by atoms with Crippen LogP contribution in [0.2, 0.25) is 10.0 Å². The predicted octanol–water partition coefficient (Wildman–Crippen LogP) is 7.90. The van der Waals surface area contributed by atoms with Crippen molar-refractivity contribution in [1.82, 2.24) is 4.90 Å². The molecule has 0 saturated heterocycles. The maximum atomic E-state index is 14.0. The molecule has 2 aromatic rings. The molecule has 3 aliphatic rings. The molecule has 0 saturated carbocycles. The van der Waals surface area contributed by atoms with Crippen LogP contribution < -0.4 is 4.74 Å². The molecule has 0 radical (unpaired) electrons. The molecule has 40 heavy (non-hydrogen) atoms. The lowest BCUT2D eigenvalue weighted by Gasteiger charge is -2.49. The van der Waals surface area contributed by atoms with Crippen LogP contribution in [0.1, 0.15) is 70.4 Å². The van der Waals surface area contributed by atoms with Gasteiger partial charge in [0.05, 0.1) is 6.61 Å². The van der Waals surface area contributed by atoms with Crippen molar-refractivity contribution >= 4 is 34.8 Å². The fraction of sp³-hybridized carbons (Fsp3) is 0.455. The zero-order valence-corrected chi connectivity index (χ0v) is 25.4. The van der Waals surface area contributed by atoms with Crippen LogP contribution in [0.15, 0.2) is 65.0 Å². The van der Waals surface area contributed by atoms with E-state index in [2.05, 4.69) is 32.6 Å². The highest BCUT2D eigenvalue weighted by molar-refractivity contribution is 6.31. The number of hydrogen-bond donors (Lipinski definition) is 0. The fourth-order valence-corrected chi connectivity index (χ4v) is 6.74. The number of ketones is 2. The first-order valence-corrected chi connectivity index (χ1v) is 14.6. The molecule has 0 fully saturated rings.